The second-order valence-corrected chi connectivity index (χ2v) is 7.71. The van der Waals surface area contributed by atoms with Crippen molar-refractivity contribution >= 4 is 15.9 Å². The van der Waals surface area contributed by atoms with E-state index in [1.54, 1.807) is 16.9 Å². The first-order valence-electron chi connectivity index (χ1n) is 8.69. The minimum absolute atomic E-state index is 1.00. The summed E-state index contributed by atoms with van der Waals surface area (Å²) in [7, 11) is 1.76. The molecule has 24 heavy (non-hydrogen) atoms. The van der Waals surface area contributed by atoms with Gasteiger partial charge in [0.25, 0.3) is 0 Å². The molecule has 3 rings (SSSR count). The summed E-state index contributed by atoms with van der Waals surface area (Å²) in [6, 6.07) is 15.3. The summed E-state index contributed by atoms with van der Waals surface area (Å²) in [5.41, 5.74) is 4.09. The lowest BCUT2D eigenvalue weighted by Gasteiger charge is -2.30. The number of quaternary nitrogens is 2. The summed E-state index contributed by atoms with van der Waals surface area (Å²) in [5.74, 6) is 1.00. The molecule has 2 aromatic carbocycles. The third-order valence-corrected chi connectivity index (χ3v) is 5.42. The Balaban J connectivity index is 1.53. The number of hydrogen-bond acceptors (Lipinski definition) is 1. The highest BCUT2D eigenvalue weighted by molar-refractivity contribution is 9.10. The van der Waals surface area contributed by atoms with Crippen LogP contribution < -0.4 is 14.5 Å². The molecule has 1 heterocycles. The van der Waals surface area contributed by atoms with Crippen LogP contribution in [0.4, 0.5) is 0 Å². The summed E-state index contributed by atoms with van der Waals surface area (Å²) in [6.07, 6.45) is 0. The van der Waals surface area contributed by atoms with Gasteiger partial charge in [-0.1, -0.05) is 45.8 Å². The maximum atomic E-state index is 5.51. The van der Waals surface area contributed by atoms with E-state index in [0.29, 0.717) is 0 Å². The van der Waals surface area contributed by atoms with Crippen LogP contribution >= 0.6 is 15.9 Å². The monoisotopic (exact) mass is 390 g/mol. The summed E-state index contributed by atoms with van der Waals surface area (Å²) in [6.45, 7) is 9.25. The molecule has 2 aromatic rings. The van der Waals surface area contributed by atoms with Gasteiger partial charge in [-0.25, -0.2) is 0 Å². The lowest BCUT2D eigenvalue weighted by Crippen LogP contribution is -3.27. The van der Waals surface area contributed by atoms with Crippen LogP contribution in [-0.4, -0.2) is 33.3 Å². The second-order valence-electron chi connectivity index (χ2n) is 6.80. The summed E-state index contributed by atoms with van der Waals surface area (Å²) in [5, 5.41) is 0. The number of benzene rings is 2. The number of aryl methyl sites for hydroxylation is 1. The van der Waals surface area contributed by atoms with Crippen molar-refractivity contribution in [2.24, 2.45) is 0 Å². The standard InChI is InChI=1S/C20H25BrN2O/c1-16-3-5-17(6-4-16)14-22-9-11-23(12-10-22)15-18-13-19(21)7-8-20(18)24-2/h3-8,13H,9-12,14-15H2,1-2H3/p+2. The van der Waals surface area contributed by atoms with Crippen LogP contribution in [0.2, 0.25) is 0 Å². The van der Waals surface area contributed by atoms with Crippen molar-refractivity contribution in [1.82, 2.24) is 0 Å². The zero-order valence-electron chi connectivity index (χ0n) is 14.6. The fourth-order valence-corrected chi connectivity index (χ4v) is 3.87. The third kappa shape index (κ3) is 4.59. The van der Waals surface area contributed by atoms with Crippen molar-refractivity contribution in [3.8, 4) is 5.75 Å². The molecule has 0 radical (unpaired) electrons. The van der Waals surface area contributed by atoms with Gasteiger partial charge in [-0.2, -0.15) is 0 Å². The molecule has 0 aromatic heterocycles. The van der Waals surface area contributed by atoms with Gasteiger partial charge >= 0.3 is 0 Å². The summed E-state index contributed by atoms with van der Waals surface area (Å²) >= 11 is 3.57. The van der Waals surface area contributed by atoms with Crippen LogP contribution in [0.5, 0.6) is 5.75 Å². The molecule has 0 atom stereocenters. The highest BCUT2D eigenvalue weighted by Crippen LogP contribution is 2.22. The van der Waals surface area contributed by atoms with Gasteiger partial charge in [0.05, 0.1) is 7.11 Å². The average molecular weight is 391 g/mol. The molecule has 1 aliphatic rings. The van der Waals surface area contributed by atoms with Crippen molar-refractivity contribution in [1.29, 1.82) is 0 Å². The SMILES string of the molecule is COc1ccc(Br)cc1C[NH+]1CC[NH+](Cc2ccc(C)cc2)CC1. The molecule has 3 nitrogen and oxygen atoms in total. The van der Waals surface area contributed by atoms with Gasteiger partial charge in [0.2, 0.25) is 0 Å². The molecule has 0 aliphatic carbocycles. The van der Waals surface area contributed by atoms with Crippen LogP contribution in [0.15, 0.2) is 46.9 Å². The van der Waals surface area contributed by atoms with Crippen molar-refractivity contribution in [2.75, 3.05) is 33.3 Å². The Morgan fingerprint density at radius 1 is 0.917 bits per heavy atom. The number of methoxy groups -OCH3 is 1. The maximum absolute atomic E-state index is 5.51. The van der Waals surface area contributed by atoms with E-state index in [1.807, 2.05) is 6.07 Å². The van der Waals surface area contributed by atoms with Gasteiger partial charge in [-0.05, 0) is 25.1 Å². The van der Waals surface area contributed by atoms with Gasteiger partial charge in [-0.15, -0.1) is 0 Å². The van der Waals surface area contributed by atoms with Gasteiger partial charge in [0, 0.05) is 15.6 Å². The van der Waals surface area contributed by atoms with Gasteiger partial charge in [-0.3, -0.25) is 0 Å². The number of hydrogen-bond donors (Lipinski definition) is 2. The second kappa shape index (κ2) is 8.15. The number of ether oxygens (including phenoxy) is 1. The first-order valence-corrected chi connectivity index (χ1v) is 9.48. The van der Waals surface area contributed by atoms with Gasteiger partial charge < -0.3 is 14.5 Å². The molecular formula is C20H27BrN2O+2. The van der Waals surface area contributed by atoms with Crippen LogP contribution in [-0.2, 0) is 13.1 Å². The Morgan fingerprint density at radius 2 is 1.54 bits per heavy atom. The minimum atomic E-state index is 1.00. The number of rotatable bonds is 5. The lowest BCUT2D eigenvalue weighted by atomic mass is 10.1. The first-order chi connectivity index (χ1) is 11.6. The molecule has 1 fully saturated rings. The Kier molecular flexibility index (Phi) is 5.93. The molecule has 128 valence electrons. The Bertz CT molecular complexity index is 664. The zero-order valence-corrected chi connectivity index (χ0v) is 16.2. The number of piperazine rings is 1. The van der Waals surface area contributed by atoms with Gasteiger partial charge in [0.15, 0.2) is 0 Å². The quantitative estimate of drug-likeness (QED) is 0.785. The lowest BCUT2D eigenvalue weighted by molar-refractivity contribution is -1.02. The van der Waals surface area contributed by atoms with Crippen molar-refractivity contribution in [3.63, 3.8) is 0 Å². The van der Waals surface area contributed by atoms with E-state index < -0.39 is 0 Å². The number of halogens is 1. The van der Waals surface area contributed by atoms with Crippen LogP contribution in [0.1, 0.15) is 16.7 Å². The molecule has 1 saturated heterocycles. The molecule has 0 bridgehead atoms. The topological polar surface area (TPSA) is 18.1 Å². The van der Waals surface area contributed by atoms with Crippen molar-refractivity contribution < 1.29 is 14.5 Å². The summed E-state index contributed by atoms with van der Waals surface area (Å²) < 4.78 is 6.64. The third-order valence-electron chi connectivity index (χ3n) is 4.92. The summed E-state index contributed by atoms with van der Waals surface area (Å²) in [4.78, 5) is 3.35. The fourth-order valence-electron chi connectivity index (χ4n) is 3.46. The molecule has 0 spiro atoms. The molecule has 2 N–H and O–H groups in total. The van der Waals surface area contributed by atoms with Crippen molar-refractivity contribution in [2.45, 2.75) is 20.0 Å². The van der Waals surface area contributed by atoms with Crippen LogP contribution in [0.3, 0.4) is 0 Å². The normalized spacial score (nSPS) is 20.8. The molecule has 1 aliphatic heterocycles. The predicted molar refractivity (Wildman–Crippen MR) is 101 cm³/mol. The average Bonchev–Trinajstić information content (AvgIpc) is 2.59. The Hall–Kier alpha value is -1.36. The van der Waals surface area contributed by atoms with Crippen molar-refractivity contribution in [3.05, 3.63) is 63.6 Å². The highest BCUT2D eigenvalue weighted by atomic mass is 79.9. The Labute approximate surface area is 153 Å². The predicted octanol–water partition coefficient (Wildman–Crippen LogP) is 1.25. The van der Waals surface area contributed by atoms with Crippen LogP contribution in [0.25, 0.3) is 0 Å². The van der Waals surface area contributed by atoms with Gasteiger partial charge in [0.1, 0.15) is 45.0 Å². The Morgan fingerprint density at radius 3 is 2.17 bits per heavy atom. The largest absolute Gasteiger partial charge is 0.496 e. The highest BCUT2D eigenvalue weighted by Gasteiger charge is 2.24. The zero-order chi connectivity index (χ0) is 16.9. The van der Waals surface area contributed by atoms with E-state index in [-0.39, 0.29) is 0 Å². The number of nitrogens with one attached hydrogen (secondary N) is 2. The molecule has 0 amide bonds. The first kappa shape index (κ1) is 17.5. The maximum Gasteiger partial charge on any atom is 0.127 e. The van der Waals surface area contributed by atoms with E-state index in [1.165, 1.54) is 42.9 Å². The van der Waals surface area contributed by atoms with E-state index in [2.05, 4.69) is 59.3 Å². The molecule has 0 unspecified atom stereocenters. The fraction of sp³-hybridized carbons (Fsp3) is 0.400. The minimum Gasteiger partial charge on any atom is -0.496 e. The van der Waals surface area contributed by atoms with E-state index in [4.69, 9.17) is 4.74 Å². The molecule has 0 saturated carbocycles. The van der Waals surface area contributed by atoms with E-state index in [9.17, 15) is 0 Å². The molecule has 4 heteroatoms. The smallest absolute Gasteiger partial charge is 0.127 e. The van der Waals surface area contributed by atoms with E-state index >= 15 is 0 Å². The van der Waals surface area contributed by atoms with Crippen LogP contribution in [0, 0.1) is 6.92 Å². The van der Waals surface area contributed by atoms with E-state index in [0.717, 1.165) is 23.3 Å². The molecular weight excluding hydrogens is 364 g/mol.